The maximum Gasteiger partial charge on any atom is 0.439 e. The van der Waals surface area contributed by atoms with Gasteiger partial charge in [-0.3, -0.25) is 0 Å². The largest absolute Gasteiger partial charge is 0.439 e. The molecule has 1 aliphatic heterocycles. The van der Waals surface area contributed by atoms with E-state index >= 15 is 0 Å². The van der Waals surface area contributed by atoms with E-state index in [1.807, 2.05) is 37.3 Å². The Labute approximate surface area is 159 Å². The molecule has 0 saturated heterocycles. The zero-order chi connectivity index (χ0) is 19.2. The Morgan fingerprint density at radius 3 is 2.70 bits per heavy atom. The third-order valence-electron chi connectivity index (χ3n) is 5.55. The lowest BCUT2D eigenvalue weighted by atomic mass is 9.74. The number of anilines is 1. The van der Waals surface area contributed by atoms with E-state index < -0.39 is 17.8 Å². The molecule has 3 atom stereocenters. The summed E-state index contributed by atoms with van der Waals surface area (Å²) < 4.78 is 42.1. The Morgan fingerprint density at radius 2 is 2.04 bits per heavy atom. The molecule has 2 aromatic rings. The fourth-order valence-corrected chi connectivity index (χ4v) is 4.80. The summed E-state index contributed by atoms with van der Waals surface area (Å²) in [5.41, 5.74) is -1.23. The lowest BCUT2D eigenvalue weighted by molar-refractivity contribution is -0.270. The van der Waals surface area contributed by atoms with Crippen molar-refractivity contribution in [2.24, 2.45) is 16.9 Å². The van der Waals surface area contributed by atoms with Gasteiger partial charge < -0.3 is 5.11 Å². The number of hydrogen-bond acceptors (Lipinski definition) is 5. The average molecular weight is 395 g/mol. The standard InChI is InChI=1S/C19H20F3N3OS/c1-2-12-8-9-15-14(10-12)18(26,19(20,21)22)25(24-15)17-23-16(11-27-17)13-6-4-3-5-7-13/h3-7,11-12,14,26H,2,8-10H2,1H3/t12-,14+,18+/m0/s1. The summed E-state index contributed by atoms with van der Waals surface area (Å²) in [6, 6.07) is 9.24. The second-order valence-electron chi connectivity index (χ2n) is 7.11. The van der Waals surface area contributed by atoms with Crippen molar-refractivity contribution in [2.75, 3.05) is 5.01 Å². The third-order valence-corrected chi connectivity index (χ3v) is 6.37. The Bertz CT molecular complexity index is 851. The van der Waals surface area contributed by atoms with E-state index in [0.717, 1.165) is 29.7 Å². The predicted octanol–water partition coefficient (Wildman–Crippen LogP) is 5.06. The van der Waals surface area contributed by atoms with Crippen molar-refractivity contribution >= 4 is 22.2 Å². The molecule has 1 aromatic carbocycles. The number of nitrogens with zero attached hydrogens (tertiary/aromatic N) is 3. The molecule has 1 fully saturated rings. The molecule has 1 saturated carbocycles. The molecular weight excluding hydrogens is 375 g/mol. The van der Waals surface area contributed by atoms with Crippen molar-refractivity contribution in [1.82, 2.24) is 4.98 Å². The molecule has 0 unspecified atom stereocenters. The van der Waals surface area contributed by atoms with Crippen LogP contribution in [-0.4, -0.2) is 27.7 Å². The lowest BCUT2D eigenvalue weighted by Crippen LogP contribution is -2.60. The van der Waals surface area contributed by atoms with Crippen LogP contribution in [0.5, 0.6) is 0 Å². The molecule has 8 heteroatoms. The maximum atomic E-state index is 14.0. The van der Waals surface area contributed by atoms with Crippen molar-refractivity contribution in [1.29, 1.82) is 0 Å². The van der Waals surface area contributed by atoms with Gasteiger partial charge >= 0.3 is 6.18 Å². The van der Waals surface area contributed by atoms with Crippen LogP contribution in [-0.2, 0) is 0 Å². The molecule has 144 valence electrons. The first-order valence-corrected chi connectivity index (χ1v) is 9.90. The number of hydrazone groups is 1. The SMILES string of the molecule is CC[C@H]1CCC2=NN(c3nc(-c4ccccc4)cs3)[C@](O)(C(F)(F)F)[C@@H]2C1. The van der Waals surface area contributed by atoms with Gasteiger partial charge in [0.05, 0.1) is 11.6 Å². The second kappa shape index (κ2) is 6.60. The van der Waals surface area contributed by atoms with Crippen LogP contribution in [0.15, 0.2) is 40.8 Å². The highest BCUT2D eigenvalue weighted by Crippen LogP contribution is 2.51. The van der Waals surface area contributed by atoms with Gasteiger partial charge in [-0.2, -0.15) is 23.3 Å². The first-order chi connectivity index (χ1) is 12.8. The summed E-state index contributed by atoms with van der Waals surface area (Å²) in [5, 5.41) is 17.5. The van der Waals surface area contributed by atoms with Gasteiger partial charge in [0.1, 0.15) is 0 Å². The smallest absolute Gasteiger partial charge is 0.362 e. The van der Waals surface area contributed by atoms with Gasteiger partial charge in [0.2, 0.25) is 5.13 Å². The molecule has 2 aliphatic rings. The second-order valence-corrected chi connectivity index (χ2v) is 7.95. The summed E-state index contributed by atoms with van der Waals surface area (Å²) in [6.45, 7) is 1.97. The molecule has 0 spiro atoms. The van der Waals surface area contributed by atoms with E-state index in [1.54, 1.807) is 5.38 Å². The van der Waals surface area contributed by atoms with Crippen molar-refractivity contribution in [3.05, 3.63) is 35.7 Å². The van der Waals surface area contributed by atoms with E-state index in [2.05, 4.69) is 10.1 Å². The van der Waals surface area contributed by atoms with Gasteiger partial charge in [0.25, 0.3) is 5.72 Å². The van der Waals surface area contributed by atoms with Crippen molar-refractivity contribution < 1.29 is 18.3 Å². The van der Waals surface area contributed by atoms with Crippen LogP contribution in [0.1, 0.15) is 32.6 Å². The van der Waals surface area contributed by atoms with Crippen LogP contribution in [0.2, 0.25) is 0 Å². The fourth-order valence-electron chi connectivity index (χ4n) is 3.96. The molecule has 1 N–H and O–H groups in total. The molecule has 4 nitrogen and oxygen atoms in total. The van der Waals surface area contributed by atoms with Gasteiger partial charge in [0.15, 0.2) is 0 Å². The zero-order valence-electron chi connectivity index (χ0n) is 14.8. The normalized spacial score (nSPS) is 28.2. The number of fused-ring (bicyclic) bond motifs is 1. The van der Waals surface area contributed by atoms with E-state index in [0.29, 0.717) is 29.3 Å². The highest BCUT2D eigenvalue weighted by molar-refractivity contribution is 7.14. The van der Waals surface area contributed by atoms with Crippen LogP contribution in [0, 0.1) is 11.8 Å². The molecule has 0 radical (unpaired) electrons. The van der Waals surface area contributed by atoms with Gasteiger partial charge in [0, 0.05) is 16.7 Å². The molecule has 1 aliphatic carbocycles. The zero-order valence-corrected chi connectivity index (χ0v) is 15.6. The number of aliphatic hydroxyl groups is 1. The summed E-state index contributed by atoms with van der Waals surface area (Å²) in [5.74, 6) is -0.876. The average Bonchev–Trinajstić information content (AvgIpc) is 3.25. The van der Waals surface area contributed by atoms with Gasteiger partial charge in [-0.25, -0.2) is 4.98 Å². The number of hydrogen-bond donors (Lipinski definition) is 1. The van der Waals surface area contributed by atoms with Gasteiger partial charge in [-0.05, 0) is 25.2 Å². The summed E-state index contributed by atoms with van der Waals surface area (Å²) in [4.78, 5) is 4.35. The Balaban J connectivity index is 1.73. The third kappa shape index (κ3) is 2.95. The first-order valence-electron chi connectivity index (χ1n) is 9.02. The quantitative estimate of drug-likeness (QED) is 0.790. The maximum absolute atomic E-state index is 14.0. The minimum atomic E-state index is -4.84. The highest BCUT2D eigenvalue weighted by Gasteiger charge is 2.68. The number of alkyl halides is 3. The van der Waals surface area contributed by atoms with Gasteiger partial charge in [-0.1, -0.05) is 43.7 Å². The van der Waals surface area contributed by atoms with Gasteiger partial charge in [-0.15, -0.1) is 11.3 Å². The topological polar surface area (TPSA) is 48.7 Å². The number of aromatic nitrogens is 1. The Hall–Kier alpha value is -1.93. The predicted molar refractivity (Wildman–Crippen MR) is 99.6 cm³/mol. The fraction of sp³-hybridized carbons (Fsp3) is 0.474. The molecular formula is C19H20F3N3OS. The summed E-state index contributed by atoms with van der Waals surface area (Å²) in [7, 11) is 0. The number of rotatable bonds is 3. The van der Waals surface area contributed by atoms with E-state index in [1.165, 1.54) is 0 Å². The molecule has 27 heavy (non-hydrogen) atoms. The Kier molecular flexibility index (Phi) is 4.50. The van der Waals surface area contributed by atoms with Crippen LogP contribution >= 0.6 is 11.3 Å². The molecule has 2 heterocycles. The van der Waals surface area contributed by atoms with E-state index in [-0.39, 0.29) is 11.0 Å². The highest BCUT2D eigenvalue weighted by atomic mass is 32.1. The monoisotopic (exact) mass is 395 g/mol. The number of benzene rings is 1. The van der Waals surface area contributed by atoms with Crippen molar-refractivity contribution in [3.63, 3.8) is 0 Å². The number of halogens is 3. The van der Waals surface area contributed by atoms with Crippen LogP contribution in [0.4, 0.5) is 18.3 Å². The van der Waals surface area contributed by atoms with E-state index in [4.69, 9.17) is 0 Å². The molecule has 1 aromatic heterocycles. The first kappa shape index (κ1) is 18.4. The molecule has 4 rings (SSSR count). The van der Waals surface area contributed by atoms with Crippen LogP contribution in [0.25, 0.3) is 11.3 Å². The van der Waals surface area contributed by atoms with Crippen LogP contribution < -0.4 is 5.01 Å². The van der Waals surface area contributed by atoms with E-state index in [9.17, 15) is 18.3 Å². The minimum absolute atomic E-state index is 0.0589. The van der Waals surface area contributed by atoms with Crippen molar-refractivity contribution in [3.8, 4) is 11.3 Å². The van der Waals surface area contributed by atoms with Crippen LogP contribution in [0.3, 0.4) is 0 Å². The summed E-state index contributed by atoms with van der Waals surface area (Å²) >= 11 is 1.06. The number of thiazole rings is 1. The lowest BCUT2D eigenvalue weighted by Gasteiger charge is -2.39. The molecule has 0 bridgehead atoms. The molecule has 0 amide bonds. The summed E-state index contributed by atoms with van der Waals surface area (Å²) in [6.07, 6.45) is -2.46. The minimum Gasteiger partial charge on any atom is -0.362 e. The Morgan fingerprint density at radius 1 is 1.30 bits per heavy atom. The van der Waals surface area contributed by atoms with Crippen molar-refractivity contribution in [2.45, 2.75) is 44.5 Å².